The molecular weight excluding hydrogens is 597 g/mol. The Kier molecular flexibility index (Phi) is 11.2. The molecule has 0 saturated heterocycles. The normalized spacial score (nSPS) is 17.8. The van der Waals surface area contributed by atoms with Crippen LogP contribution in [0, 0.1) is 18.2 Å². The number of aliphatic hydroxyl groups excluding tert-OH is 1. The number of ether oxygens (including phenoxy) is 4. The van der Waals surface area contributed by atoms with Gasteiger partial charge in [-0.3, -0.25) is 9.78 Å². The quantitative estimate of drug-likeness (QED) is 0.139. The molecule has 0 radical (unpaired) electrons. The maximum atomic E-state index is 14.0. The number of fused-ring (bicyclic) bond motifs is 1. The molecule has 0 spiro atoms. The Balaban J connectivity index is 1.06. The van der Waals surface area contributed by atoms with Crippen molar-refractivity contribution in [3.05, 3.63) is 83.9 Å². The fraction of sp³-hybridized carbons (Fsp3) is 0.364. The van der Waals surface area contributed by atoms with Crippen LogP contribution in [-0.4, -0.2) is 80.9 Å². The van der Waals surface area contributed by atoms with Crippen molar-refractivity contribution in [2.24, 2.45) is 5.41 Å². The van der Waals surface area contributed by atoms with Gasteiger partial charge >= 0.3 is 6.03 Å². The third kappa shape index (κ3) is 8.79. The van der Waals surface area contributed by atoms with Crippen LogP contribution < -0.4 is 26.0 Å². The number of aromatic nitrogens is 1. The van der Waals surface area contributed by atoms with Crippen LogP contribution in [0.25, 0.3) is 5.70 Å². The topological polar surface area (TPSA) is 152 Å². The van der Waals surface area contributed by atoms with Crippen molar-refractivity contribution in [1.82, 2.24) is 15.6 Å². The fourth-order valence-electron chi connectivity index (χ4n) is 4.96. The summed E-state index contributed by atoms with van der Waals surface area (Å²) in [6.07, 6.45) is 4.28. The lowest BCUT2D eigenvalue weighted by Gasteiger charge is -2.11. The number of carbonyl (C=O) groups is 2. The average molecular weight is 636 g/mol. The summed E-state index contributed by atoms with van der Waals surface area (Å²) in [6.45, 7) is 4.56. The highest BCUT2D eigenvalue weighted by molar-refractivity contribution is 6.00. The van der Waals surface area contributed by atoms with E-state index in [1.807, 2.05) is 13.0 Å². The summed E-state index contributed by atoms with van der Waals surface area (Å²) in [5, 5.41) is 20.2. The fourth-order valence-corrected chi connectivity index (χ4v) is 4.96. The Morgan fingerprint density at radius 2 is 1.70 bits per heavy atom. The van der Waals surface area contributed by atoms with Crippen molar-refractivity contribution in [2.75, 3.05) is 63.4 Å². The van der Waals surface area contributed by atoms with E-state index < -0.39 is 17.3 Å². The van der Waals surface area contributed by atoms with Crippen LogP contribution in [0.5, 0.6) is 11.5 Å². The summed E-state index contributed by atoms with van der Waals surface area (Å²) >= 11 is 0. The monoisotopic (exact) mass is 635 g/mol. The summed E-state index contributed by atoms with van der Waals surface area (Å²) in [6, 6.07) is 14.2. The molecule has 0 bridgehead atoms. The minimum Gasteiger partial charge on any atom is -0.457 e. The number of pyridine rings is 1. The molecule has 12 nitrogen and oxygen atoms in total. The molecule has 244 valence electrons. The molecule has 2 unspecified atom stereocenters. The first-order valence-corrected chi connectivity index (χ1v) is 15.1. The van der Waals surface area contributed by atoms with Gasteiger partial charge in [0, 0.05) is 30.5 Å². The molecule has 1 saturated carbocycles. The Morgan fingerprint density at radius 1 is 0.957 bits per heavy atom. The second-order valence-electron chi connectivity index (χ2n) is 10.9. The van der Waals surface area contributed by atoms with Crippen LogP contribution in [-0.2, 0) is 19.0 Å². The lowest BCUT2D eigenvalue weighted by atomic mass is 10.1. The minimum atomic E-state index is -0.605. The zero-order valence-corrected chi connectivity index (χ0v) is 25.5. The van der Waals surface area contributed by atoms with Crippen molar-refractivity contribution in [3.63, 3.8) is 0 Å². The molecule has 2 atom stereocenters. The molecular formula is C33H38FN5O7. The van der Waals surface area contributed by atoms with Gasteiger partial charge in [-0.1, -0.05) is 6.07 Å². The van der Waals surface area contributed by atoms with E-state index in [1.165, 1.54) is 6.07 Å². The number of nitrogens with one attached hydrogen (secondary N) is 4. The summed E-state index contributed by atoms with van der Waals surface area (Å²) in [4.78, 5) is 29.8. The van der Waals surface area contributed by atoms with E-state index in [-0.39, 0.29) is 24.2 Å². The number of carbonyl (C=O) groups excluding carboxylic acids is 2. The van der Waals surface area contributed by atoms with Crippen LogP contribution in [0.3, 0.4) is 0 Å². The van der Waals surface area contributed by atoms with E-state index in [4.69, 9.17) is 24.1 Å². The van der Waals surface area contributed by atoms with Crippen LogP contribution >= 0.6 is 0 Å². The number of halogens is 1. The van der Waals surface area contributed by atoms with E-state index in [0.29, 0.717) is 75.5 Å². The van der Waals surface area contributed by atoms with Crippen LogP contribution in [0.4, 0.5) is 20.6 Å². The highest BCUT2D eigenvalue weighted by atomic mass is 19.1. The summed E-state index contributed by atoms with van der Waals surface area (Å²) in [7, 11) is 0. The van der Waals surface area contributed by atoms with Gasteiger partial charge in [-0.25, -0.2) is 9.18 Å². The number of hydrogen-bond acceptors (Lipinski definition) is 9. The van der Waals surface area contributed by atoms with Crippen LogP contribution in [0.2, 0.25) is 0 Å². The van der Waals surface area contributed by atoms with Gasteiger partial charge < -0.3 is 45.3 Å². The highest BCUT2D eigenvalue weighted by Gasteiger charge is 2.62. The molecule has 1 fully saturated rings. The van der Waals surface area contributed by atoms with Crippen molar-refractivity contribution in [3.8, 4) is 11.5 Å². The van der Waals surface area contributed by atoms with E-state index >= 15 is 0 Å². The van der Waals surface area contributed by atoms with Gasteiger partial charge in [-0.15, -0.1) is 0 Å². The molecule has 2 aliphatic rings. The summed E-state index contributed by atoms with van der Waals surface area (Å²) in [5.74, 6) is 0.526. The van der Waals surface area contributed by atoms with Gasteiger partial charge in [0.2, 0.25) is 5.91 Å². The number of benzene rings is 2. The molecule has 46 heavy (non-hydrogen) atoms. The van der Waals surface area contributed by atoms with E-state index in [2.05, 4.69) is 26.3 Å². The van der Waals surface area contributed by atoms with Crippen molar-refractivity contribution in [1.29, 1.82) is 0 Å². The maximum absolute atomic E-state index is 14.0. The second-order valence-corrected chi connectivity index (χ2v) is 10.9. The second kappa shape index (κ2) is 15.6. The third-order valence-corrected chi connectivity index (χ3v) is 7.39. The zero-order chi connectivity index (χ0) is 32.4. The lowest BCUT2D eigenvalue weighted by Crippen LogP contribution is -2.35. The van der Waals surface area contributed by atoms with Crippen molar-refractivity contribution >= 4 is 29.0 Å². The molecule has 5 rings (SSSR count). The number of hydrogen-bond donors (Lipinski definition) is 5. The van der Waals surface area contributed by atoms with Crippen molar-refractivity contribution < 1.29 is 38.0 Å². The Morgan fingerprint density at radius 3 is 2.46 bits per heavy atom. The molecule has 2 aromatic carbocycles. The lowest BCUT2D eigenvalue weighted by molar-refractivity contribution is -0.125. The molecule has 2 heterocycles. The summed E-state index contributed by atoms with van der Waals surface area (Å²) < 4.78 is 36.0. The van der Waals surface area contributed by atoms with Crippen LogP contribution in [0.1, 0.15) is 17.7 Å². The third-order valence-electron chi connectivity index (χ3n) is 7.39. The molecule has 1 aliphatic heterocycles. The smallest absolute Gasteiger partial charge is 0.323 e. The molecule has 1 aromatic heterocycles. The highest BCUT2D eigenvalue weighted by Crippen LogP contribution is 2.53. The predicted octanol–water partition coefficient (Wildman–Crippen LogP) is 3.83. The zero-order valence-electron chi connectivity index (χ0n) is 25.5. The molecule has 3 aromatic rings. The first-order chi connectivity index (χ1) is 22.4. The number of nitrogens with zero attached hydrogens (tertiary/aromatic N) is 1. The standard InChI is InChI=1S/C33H38FN5O7/c1-22-2-7-26(34)27(18-22)39-32(42)37-23-3-5-24(6-4-23)46-25-8-9-35-28(19-25)29-20-33(21-30(33)38-29)31(41)36-10-12-43-14-16-45-17-15-44-13-11-40/h2-9,18-20,30,38,40H,10-17,21H2,1H3,(H,36,41)(H2,37,39,42). The van der Waals surface area contributed by atoms with Crippen molar-refractivity contribution in [2.45, 2.75) is 19.4 Å². The molecule has 13 heteroatoms. The Labute approximate surface area is 266 Å². The Bertz CT molecular complexity index is 1540. The van der Waals surface area contributed by atoms with Gasteiger partial charge in [0.15, 0.2) is 0 Å². The van der Waals surface area contributed by atoms with E-state index in [9.17, 15) is 14.0 Å². The molecule has 3 amide bonds. The summed E-state index contributed by atoms with van der Waals surface area (Å²) in [5.41, 5.74) is 2.25. The number of amides is 3. The number of aryl methyl sites for hydroxylation is 1. The SMILES string of the molecule is Cc1ccc(F)c(NC(=O)Nc2ccc(Oc3ccnc(C4=CC5(C(=O)NCCOCCOCCOCCO)CC5N4)c3)cc2)c1. The number of urea groups is 1. The number of rotatable bonds is 17. The van der Waals surface area contributed by atoms with Gasteiger partial charge in [0.25, 0.3) is 0 Å². The number of anilines is 2. The first-order valence-electron chi connectivity index (χ1n) is 15.1. The molecule has 1 aliphatic carbocycles. The predicted molar refractivity (Wildman–Crippen MR) is 169 cm³/mol. The van der Waals surface area contributed by atoms with Gasteiger partial charge in [-0.05, 0) is 67.4 Å². The van der Waals surface area contributed by atoms with E-state index in [0.717, 1.165) is 11.3 Å². The number of aliphatic hydroxyl groups is 1. The van der Waals surface area contributed by atoms with Gasteiger partial charge in [-0.2, -0.15) is 0 Å². The maximum Gasteiger partial charge on any atom is 0.323 e. The molecule has 5 N–H and O–H groups in total. The first kappa shape index (κ1) is 32.8. The van der Waals surface area contributed by atoms with Crippen LogP contribution in [0.15, 0.2) is 66.9 Å². The van der Waals surface area contributed by atoms with Gasteiger partial charge in [0.05, 0.1) is 68.7 Å². The van der Waals surface area contributed by atoms with Gasteiger partial charge in [0.1, 0.15) is 17.3 Å². The largest absolute Gasteiger partial charge is 0.457 e. The Hall–Kier alpha value is -4.56. The van der Waals surface area contributed by atoms with E-state index in [1.54, 1.807) is 54.7 Å². The minimum absolute atomic E-state index is 0.00847. The average Bonchev–Trinajstić information content (AvgIpc) is 3.62.